The Morgan fingerprint density at radius 1 is 1.39 bits per heavy atom. The minimum Gasteiger partial charge on any atom is -0.379 e. The third kappa shape index (κ3) is 2.38. The van der Waals surface area contributed by atoms with Gasteiger partial charge in [0.2, 0.25) is 11.8 Å². The van der Waals surface area contributed by atoms with Gasteiger partial charge in [0, 0.05) is 6.61 Å². The first-order valence-electron chi connectivity index (χ1n) is 6.40. The number of nitrogens with one attached hydrogen (secondary N) is 1. The average Bonchev–Trinajstić information content (AvgIpc) is 2.35. The quantitative estimate of drug-likeness (QED) is 0.751. The van der Waals surface area contributed by atoms with Crippen molar-refractivity contribution < 1.29 is 19.1 Å². The number of carbonyl (C=O) groups is 3. The van der Waals surface area contributed by atoms with E-state index in [1.807, 2.05) is 6.92 Å². The molecule has 2 aliphatic heterocycles. The second kappa shape index (κ2) is 5.48. The second-order valence-electron chi connectivity index (χ2n) is 4.71. The fourth-order valence-corrected chi connectivity index (χ4v) is 2.45. The Morgan fingerprint density at radius 3 is 2.78 bits per heavy atom. The summed E-state index contributed by atoms with van der Waals surface area (Å²) >= 11 is 0. The van der Waals surface area contributed by atoms with Gasteiger partial charge in [-0.2, -0.15) is 0 Å². The number of nitrogens with zero attached hydrogens (tertiary/aromatic N) is 1. The molecule has 0 spiro atoms. The van der Waals surface area contributed by atoms with Crippen LogP contribution in [-0.2, 0) is 14.3 Å². The smallest absolute Gasteiger partial charge is 0.331 e. The first-order valence-corrected chi connectivity index (χ1v) is 6.40. The van der Waals surface area contributed by atoms with Gasteiger partial charge in [-0.1, -0.05) is 13.3 Å². The molecule has 0 aliphatic carbocycles. The molecule has 18 heavy (non-hydrogen) atoms. The van der Waals surface area contributed by atoms with E-state index in [2.05, 4.69) is 5.32 Å². The van der Waals surface area contributed by atoms with Crippen molar-refractivity contribution in [3.8, 4) is 0 Å². The molecular formula is C12H18N2O4. The number of ether oxygens (including phenoxy) is 1. The van der Waals surface area contributed by atoms with Crippen LogP contribution in [0.5, 0.6) is 0 Å². The largest absolute Gasteiger partial charge is 0.379 e. The van der Waals surface area contributed by atoms with Crippen LogP contribution < -0.4 is 5.32 Å². The molecule has 100 valence electrons. The molecule has 0 aromatic rings. The summed E-state index contributed by atoms with van der Waals surface area (Å²) in [7, 11) is 0. The van der Waals surface area contributed by atoms with E-state index in [1.165, 1.54) is 4.90 Å². The number of urea groups is 1. The topological polar surface area (TPSA) is 75.7 Å². The molecule has 4 amide bonds. The minimum absolute atomic E-state index is 0.237. The molecule has 0 aromatic heterocycles. The van der Waals surface area contributed by atoms with Gasteiger partial charge in [0.15, 0.2) is 0 Å². The summed E-state index contributed by atoms with van der Waals surface area (Å²) < 4.78 is 5.30. The van der Waals surface area contributed by atoms with Crippen molar-refractivity contribution in [2.75, 3.05) is 13.2 Å². The summed E-state index contributed by atoms with van der Waals surface area (Å²) in [6.07, 6.45) is 2.77. The number of rotatable bonds is 3. The SMILES string of the molecule is CCCC1C(=O)NC(=O)N(C2CCCOC2)C1=O. The lowest BCUT2D eigenvalue weighted by atomic mass is 9.97. The molecule has 2 fully saturated rings. The van der Waals surface area contributed by atoms with Gasteiger partial charge in [-0.25, -0.2) is 4.79 Å². The minimum atomic E-state index is -0.727. The van der Waals surface area contributed by atoms with E-state index in [1.54, 1.807) is 0 Å². The van der Waals surface area contributed by atoms with Crippen LogP contribution in [0.25, 0.3) is 0 Å². The lowest BCUT2D eigenvalue weighted by molar-refractivity contribution is -0.146. The van der Waals surface area contributed by atoms with Gasteiger partial charge >= 0.3 is 6.03 Å². The molecule has 1 N–H and O–H groups in total. The monoisotopic (exact) mass is 254 g/mol. The molecule has 6 nitrogen and oxygen atoms in total. The zero-order valence-corrected chi connectivity index (χ0v) is 10.5. The summed E-state index contributed by atoms with van der Waals surface area (Å²) in [5.41, 5.74) is 0. The lowest BCUT2D eigenvalue weighted by Gasteiger charge is -2.37. The molecular weight excluding hydrogens is 236 g/mol. The Kier molecular flexibility index (Phi) is 3.96. The van der Waals surface area contributed by atoms with Crippen LogP contribution in [0.2, 0.25) is 0 Å². The number of hydrogen-bond acceptors (Lipinski definition) is 4. The fourth-order valence-electron chi connectivity index (χ4n) is 2.45. The highest BCUT2D eigenvalue weighted by Crippen LogP contribution is 2.22. The van der Waals surface area contributed by atoms with E-state index in [9.17, 15) is 14.4 Å². The van der Waals surface area contributed by atoms with E-state index >= 15 is 0 Å². The molecule has 2 aliphatic rings. The number of barbiturate groups is 1. The highest BCUT2D eigenvalue weighted by molar-refractivity contribution is 6.16. The molecule has 2 heterocycles. The molecule has 2 rings (SSSR count). The Hall–Kier alpha value is -1.43. The molecule has 2 unspecified atom stereocenters. The Labute approximate surface area is 106 Å². The van der Waals surface area contributed by atoms with E-state index < -0.39 is 17.9 Å². The van der Waals surface area contributed by atoms with Crippen molar-refractivity contribution in [2.24, 2.45) is 5.92 Å². The normalized spacial score (nSPS) is 29.4. The molecule has 0 radical (unpaired) electrons. The Morgan fingerprint density at radius 2 is 2.17 bits per heavy atom. The number of amides is 4. The van der Waals surface area contributed by atoms with Crippen LogP contribution in [0.15, 0.2) is 0 Å². The molecule has 0 saturated carbocycles. The van der Waals surface area contributed by atoms with Crippen molar-refractivity contribution in [3.63, 3.8) is 0 Å². The number of hydrogen-bond donors (Lipinski definition) is 1. The third-order valence-electron chi connectivity index (χ3n) is 3.38. The van der Waals surface area contributed by atoms with Crippen molar-refractivity contribution in [2.45, 2.75) is 38.6 Å². The van der Waals surface area contributed by atoms with Crippen molar-refractivity contribution >= 4 is 17.8 Å². The Balaban J connectivity index is 2.14. The van der Waals surface area contributed by atoms with E-state index in [4.69, 9.17) is 4.74 Å². The average molecular weight is 254 g/mol. The van der Waals surface area contributed by atoms with Gasteiger partial charge in [0.1, 0.15) is 5.92 Å². The first-order chi connectivity index (χ1) is 8.65. The second-order valence-corrected chi connectivity index (χ2v) is 4.71. The maximum absolute atomic E-state index is 12.2. The van der Waals surface area contributed by atoms with Crippen LogP contribution in [0, 0.1) is 5.92 Å². The van der Waals surface area contributed by atoms with Gasteiger partial charge in [0.25, 0.3) is 0 Å². The van der Waals surface area contributed by atoms with Gasteiger partial charge in [0.05, 0.1) is 12.6 Å². The highest BCUT2D eigenvalue weighted by Gasteiger charge is 2.43. The van der Waals surface area contributed by atoms with Crippen LogP contribution >= 0.6 is 0 Å². The zero-order valence-electron chi connectivity index (χ0n) is 10.5. The van der Waals surface area contributed by atoms with Gasteiger partial charge < -0.3 is 4.74 Å². The summed E-state index contributed by atoms with van der Waals surface area (Å²) in [4.78, 5) is 36.8. The Bertz CT molecular complexity index is 363. The molecule has 2 atom stereocenters. The maximum atomic E-state index is 12.2. The van der Waals surface area contributed by atoms with Crippen molar-refractivity contribution in [1.82, 2.24) is 10.2 Å². The van der Waals surface area contributed by atoms with Crippen molar-refractivity contribution in [1.29, 1.82) is 0 Å². The first kappa shape index (κ1) is 13.0. The summed E-state index contributed by atoms with van der Waals surface area (Å²) in [6, 6.07) is -0.841. The van der Waals surface area contributed by atoms with Gasteiger partial charge in [-0.3, -0.25) is 19.8 Å². The maximum Gasteiger partial charge on any atom is 0.331 e. The molecule has 0 aromatic carbocycles. The van der Waals surface area contributed by atoms with Crippen LogP contribution in [-0.4, -0.2) is 42.0 Å². The number of imide groups is 2. The van der Waals surface area contributed by atoms with Crippen LogP contribution in [0.3, 0.4) is 0 Å². The standard InChI is InChI=1S/C12H18N2O4/c1-2-4-9-10(15)13-12(17)14(11(9)16)8-5-3-6-18-7-8/h8-9H,2-7H2,1H3,(H,13,15,17). The van der Waals surface area contributed by atoms with Gasteiger partial charge in [-0.05, 0) is 19.3 Å². The van der Waals surface area contributed by atoms with E-state index in [0.29, 0.717) is 19.6 Å². The van der Waals surface area contributed by atoms with Gasteiger partial charge in [-0.15, -0.1) is 0 Å². The fraction of sp³-hybridized carbons (Fsp3) is 0.750. The summed E-state index contributed by atoms with van der Waals surface area (Å²) in [5.74, 6) is -1.57. The predicted octanol–water partition coefficient (Wildman–Crippen LogP) is 0.660. The lowest BCUT2D eigenvalue weighted by Crippen LogP contribution is -2.62. The molecule has 2 saturated heterocycles. The van der Waals surface area contributed by atoms with Crippen LogP contribution in [0.1, 0.15) is 32.6 Å². The highest BCUT2D eigenvalue weighted by atomic mass is 16.5. The third-order valence-corrected chi connectivity index (χ3v) is 3.38. The van der Waals surface area contributed by atoms with Crippen molar-refractivity contribution in [3.05, 3.63) is 0 Å². The van der Waals surface area contributed by atoms with E-state index in [-0.39, 0.29) is 11.9 Å². The molecule has 0 bridgehead atoms. The van der Waals surface area contributed by atoms with Crippen LogP contribution in [0.4, 0.5) is 4.79 Å². The molecule has 6 heteroatoms. The predicted molar refractivity (Wildman–Crippen MR) is 62.6 cm³/mol. The number of carbonyl (C=O) groups excluding carboxylic acids is 3. The van der Waals surface area contributed by atoms with E-state index in [0.717, 1.165) is 19.3 Å². The summed E-state index contributed by atoms with van der Waals surface area (Å²) in [6.45, 7) is 2.94. The zero-order chi connectivity index (χ0) is 13.1. The summed E-state index contributed by atoms with van der Waals surface area (Å²) in [5, 5.41) is 2.26.